The van der Waals surface area contributed by atoms with Gasteiger partial charge in [-0.1, -0.05) is 15.9 Å². The summed E-state index contributed by atoms with van der Waals surface area (Å²) in [7, 11) is 2.19. The van der Waals surface area contributed by atoms with E-state index in [0.29, 0.717) is 17.9 Å². The van der Waals surface area contributed by atoms with E-state index in [4.69, 9.17) is 0 Å². The Bertz CT molecular complexity index is 518. The van der Waals surface area contributed by atoms with Crippen molar-refractivity contribution in [3.8, 4) is 0 Å². The molecule has 0 unspecified atom stereocenters. The number of hydrogen-bond donors (Lipinski definition) is 1. The fourth-order valence-electron chi connectivity index (χ4n) is 2.82. The standard InChI is InChI=1S/C14H19BrN4O/c1-18-6-7-19(10-14(18)3-4-14)9-13(20)17-12-8-11(15)2-5-16-12/h2,5,8H,3-4,6-7,9-10H2,1H3,(H,16,17,20). The van der Waals surface area contributed by atoms with Crippen molar-refractivity contribution in [3.63, 3.8) is 0 Å². The summed E-state index contributed by atoms with van der Waals surface area (Å²) in [5, 5.41) is 2.85. The molecular formula is C14H19BrN4O. The summed E-state index contributed by atoms with van der Waals surface area (Å²) >= 11 is 3.37. The lowest BCUT2D eigenvalue weighted by atomic mass is 10.1. The summed E-state index contributed by atoms with van der Waals surface area (Å²) in [4.78, 5) is 20.9. The fraction of sp³-hybridized carbons (Fsp3) is 0.571. The number of hydrogen-bond acceptors (Lipinski definition) is 4. The highest BCUT2D eigenvalue weighted by atomic mass is 79.9. The molecule has 1 aromatic rings. The number of halogens is 1. The molecule has 0 aromatic carbocycles. The number of nitrogens with zero attached hydrogens (tertiary/aromatic N) is 3. The van der Waals surface area contributed by atoms with Crippen molar-refractivity contribution in [2.45, 2.75) is 18.4 Å². The third kappa shape index (κ3) is 3.02. The molecule has 1 amide bonds. The van der Waals surface area contributed by atoms with Gasteiger partial charge < -0.3 is 5.32 Å². The van der Waals surface area contributed by atoms with Crippen LogP contribution in [0.3, 0.4) is 0 Å². The molecule has 2 heterocycles. The smallest absolute Gasteiger partial charge is 0.239 e. The van der Waals surface area contributed by atoms with E-state index in [-0.39, 0.29) is 5.91 Å². The van der Waals surface area contributed by atoms with E-state index < -0.39 is 0 Å². The average molecular weight is 339 g/mol. The van der Waals surface area contributed by atoms with Crippen LogP contribution in [0.5, 0.6) is 0 Å². The van der Waals surface area contributed by atoms with Gasteiger partial charge in [-0.25, -0.2) is 4.98 Å². The maximum Gasteiger partial charge on any atom is 0.239 e. The zero-order chi connectivity index (χ0) is 14.2. The highest BCUT2D eigenvalue weighted by molar-refractivity contribution is 9.10. The number of carbonyl (C=O) groups is 1. The van der Waals surface area contributed by atoms with Crippen LogP contribution < -0.4 is 5.32 Å². The lowest BCUT2D eigenvalue weighted by molar-refractivity contribution is -0.118. The molecule has 0 atom stereocenters. The number of pyridine rings is 1. The number of amides is 1. The maximum absolute atomic E-state index is 12.1. The Hall–Kier alpha value is -0.980. The molecular weight excluding hydrogens is 320 g/mol. The molecule has 0 radical (unpaired) electrons. The first-order valence-electron chi connectivity index (χ1n) is 6.92. The van der Waals surface area contributed by atoms with E-state index in [1.165, 1.54) is 12.8 Å². The molecule has 1 saturated heterocycles. The van der Waals surface area contributed by atoms with Crippen LogP contribution in [0.15, 0.2) is 22.8 Å². The summed E-state index contributed by atoms with van der Waals surface area (Å²) in [6.45, 7) is 3.45. The maximum atomic E-state index is 12.1. The number of likely N-dealkylation sites (N-methyl/N-ethyl adjacent to an activating group) is 1. The number of anilines is 1. The number of piperazine rings is 1. The van der Waals surface area contributed by atoms with Gasteiger partial charge in [0.1, 0.15) is 5.82 Å². The minimum Gasteiger partial charge on any atom is -0.310 e. The van der Waals surface area contributed by atoms with E-state index in [1.807, 2.05) is 12.1 Å². The number of aromatic nitrogens is 1. The predicted octanol–water partition coefficient (Wildman–Crippen LogP) is 1.56. The summed E-state index contributed by atoms with van der Waals surface area (Å²) < 4.78 is 0.916. The van der Waals surface area contributed by atoms with Crippen molar-refractivity contribution in [3.05, 3.63) is 22.8 Å². The minimum atomic E-state index is 0.0101. The highest BCUT2D eigenvalue weighted by Crippen LogP contribution is 2.43. The molecule has 0 bridgehead atoms. The average Bonchev–Trinajstić information content (AvgIpc) is 3.15. The SMILES string of the molecule is CN1CCN(CC(=O)Nc2cc(Br)ccn2)CC12CC2. The Kier molecular flexibility index (Phi) is 3.79. The molecule has 6 heteroatoms. The lowest BCUT2D eigenvalue weighted by Crippen LogP contribution is -2.54. The first kappa shape index (κ1) is 14.0. The van der Waals surface area contributed by atoms with Gasteiger partial charge in [0.25, 0.3) is 0 Å². The van der Waals surface area contributed by atoms with Crippen molar-refractivity contribution in [2.75, 3.05) is 38.5 Å². The zero-order valence-electron chi connectivity index (χ0n) is 11.6. The predicted molar refractivity (Wildman–Crippen MR) is 81.6 cm³/mol. The molecule has 2 fully saturated rings. The molecule has 108 valence electrons. The number of rotatable bonds is 3. The summed E-state index contributed by atoms with van der Waals surface area (Å²) in [5.41, 5.74) is 0.354. The quantitative estimate of drug-likeness (QED) is 0.908. The topological polar surface area (TPSA) is 48.5 Å². The van der Waals surface area contributed by atoms with E-state index in [9.17, 15) is 4.79 Å². The van der Waals surface area contributed by atoms with Gasteiger partial charge in [0, 0.05) is 35.8 Å². The van der Waals surface area contributed by atoms with Crippen LogP contribution in [-0.4, -0.2) is 59.5 Å². The Morgan fingerprint density at radius 1 is 1.50 bits per heavy atom. The van der Waals surface area contributed by atoms with Gasteiger partial charge >= 0.3 is 0 Å². The lowest BCUT2D eigenvalue weighted by Gasteiger charge is -2.39. The van der Waals surface area contributed by atoms with Crippen molar-refractivity contribution in [2.24, 2.45) is 0 Å². The van der Waals surface area contributed by atoms with Crippen LogP contribution in [0.25, 0.3) is 0 Å². The molecule has 1 saturated carbocycles. The highest BCUT2D eigenvalue weighted by Gasteiger charge is 2.49. The molecule has 1 spiro atoms. The normalized spacial score (nSPS) is 21.9. The molecule has 5 nitrogen and oxygen atoms in total. The van der Waals surface area contributed by atoms with Crippen molar-refractivity contribution in [1.29, 1.82) is 0 Å². The molecule has 1 aliphatic heterocycles. The first-order chi connectivity index (χ1) is 9.57. The van der Waals surface area contributed by atoms with Gasteiger partial charge in [-0.2, -0.15) is 0 Å². The van der Waals surface area contributed by atoms with Crippen LogP contribution in [0, 0.1) is 0 Å². The Morgan fingerprint density at radius 3 is 3.00 bits per heavy atom. The second-order valence-electron chi connectivity index (χ2n) is 5.76. The number of carbonyl (C=O) groups excluding carboxylic acids is 1. The number of nitrogens with one attached hydrogen (secondary N) is 1. The summed E-state index contributed by atoms with van der Waals surface area (Å²) in [5.74, 6) is 0.607. The third-order valence-corrected chi connectivity index (χ3v) is 4.76. The van der Waals surface area contributed by atoms with Crippen LogP contribution in [0.2, 0.25) is 0 Å². The van der Waals surface area contributed by atoms with Gasteiger partial charge in [0.2, 0.25) is 5.91 Å². The minimum absolute atomic E-state index is 0.0101. The molecule has 1 N–H and O–H groups in total. The zero-order valence-corrected chi connectivity index (χ0v) is 13.2. The summed E-state index contributed by atoms with van der Waals surface area (Å²) in [6, 6.07) is 3.65. The molecule has 20 heavy (non-hydrogen) atoms. The Morgan fingerprint density at radius 2 is 2.30 bits per heavy atom. The van der Waals surface area contributed by atoms with E-state index in [0.717, 1.165) is 24.1 Å². The molecule has 1 aromatic heterocycles. The molecule has 1 aliphatic carbocycles. The van der Waals surface area contributed by atoms with E-state index in [1.54, 1.807) is 6.20 Å². The van der Waals surface area contributed by atoms with Gasteiger partial charge in [0.05, 0.1) is 6.54 Å². The van der Waals surface area contributed by atoms with E-state index >= 15 is 0 Å². The largest absolute Gasteiger partial charge is 0.310 e. The second kappa shape index (κ2) is 5.42. The molecule has 2 aliphatic rings. The van der Waals surface area contributed by atoms with Crippen LogP contribution in [-0.2, 0) is 4.79 Å². The first-order valence-corrected chi connectivity index (χ1v) is 7.72. The van der Waals surface area contributed by atoms with Crippen molar-refractivity contribution in [1.82, 2.24) is 14.8 Å². The summed E-state index contributed by atoms with van der Waals surface area (Å²) in [6.07, 6.45) is 4.19. The van der Waals surface area contributed by atoms with Gasteiger partial charge in [0.15, 0.2) is 0 Å². The van der Waals surface area contributed by atoms with Crippen LogP contribution in [0.4, 0.5) is 5.82 Å². The van der Waals surface area contributed by atoms with Gasteiger partial charge in [-0.15, -0.1) is 0 Å². The Balaban J connectivity index is 1.54. The van der Waals surface area contributed by atoms with Gasteiger partial charge in [-0.3, -0.25) is 14.6 Å². The van der Waals surface area contributed by atoms with Gasteiger partial charge in [-0.05, 0) is 32.0 Å². The van der Waals surface area contributed by atoms with Crippen LogP contribution >= 0.6 is 15.9 Å². The second-order valence-corrected chi connectivity index (χ2v) is 6.68. The van der Waals surface area contributed by atoms with Crippen molar-refractivity contribution >= 4 is 27.7 Å². The monoisotopic (exact) mass is 338 g/mol. The van der Waals surface area contributed by atoms with E-state index in [2.05, 4.69) is 43.1 Å². The third-order valence-electron chi connectivity index (χ3n) is 4.26. The van der Waals surface area contributed by atoms with Crippen LogP contribution in [0.1, 0.15) is 12.8 Å². The molecule has 3 rings (SSSR count). The Labute approximate surface area is 127 Å². The van der Waals surface area contributed by atoms with Crippen molar-refractivity contribution < 1.29 is 4.79 Å². The fourth-order valence-corrected chi connectivity index (χ4v) is 3.16.